The molecule has 0 aromatic heterocycles. The summed E-state index contributed by atoms with van der Waals surface area (Å²) in [5.74, 6) is 0. The van der Waals surface area contributed by atoms with Gasteiger partial charge in [-0.15, -0.1) is 0 Å². The normalized spacial score (nSPS) is 12.8. The average Bonchev–Trinajstić information content (AvgIpc) is 2.34. The van der Waals surface area contributed by atoms with Crippen LogP contribution in [0, 0.1) is 0 Å². The van der Waals surface area contributed by atoms with Gasteiger partial charge in [-0.1, -0.05) is 12.1 Å². The van der Waals surface area contributed by atoms with Gasteiger partial charge in [-0.2, -0.15) is 13.2 Å². The highest BCUT2D eigenvalue weighted by molar-refractivity contribution is 5.89. The van der Waals surface area contributed by atoms with Crippen LogP contribution in [0.3, 0.4) is 0 Å². The van der Waals surface area contributed by atoms with Crippen molar-refractivity contribution in [2.24, 2.45) is 0 Å². The number of alkyl halides is 3. The summed E-state index contributed by atoms with van der Waals surface area (Å²) in [5, 5.41) is 22.2. The lowest BCUT2D eigenvalue weighted by molar-refractivity contribution is -0.127. The molecule has 0 unspecified atom stereocenters. The molecule has 8 heteroatoms. The molecule has 1 aromatic rings. The molecule has 0 aliphatic heterocycles. The Morgan fingerprint density at radius 2 is 2.05 bits per heavy atom. The van der Waals surface area contributed by atoms with Crippen molar-refractivity contribution in [1.82, 2.24) is 5.32 Å². The van der Waals surface area contributed by atoms with Crippen LogP contribution in [0.4, 0.5) is 23.7 Å². The quantitative estimate of drug-likeness (QED) is 0.659. The molecule has 0 radical (unpaired) electrons. The molecule has 112 valence electrons. The van der Waals surface area contributed by atoms with Crippen LogP contribution in [0.25, 0.3) is 0 Å². The summed E-state index contributed by atoms with van der Waals surface area (Å²) in [7, 11) is 0. The summed E-state index contributed by atoms with van der Waals surface area (Å²) in [6, 6.07) is 4.70. The minimum absolute atomic E-state index is 0.0330. The van der Waals surface area contributed by atoms with Crippen molar-refractivity contribution in [3.05, 3.63) is 29.8 Å². The average molecular weight is 292 g/mol. The van der Waals surface area contributed by atoms with E-state index >= 15 is 0 Å². The number of hydrogen-bond donors (Lipinski definition) is 4. The highest BCUT2D eigenvalue weighted by atomic mass is 19.4. The van der Waals surface area contributed by atoms with Crippen LogP contribution in [0.5, 0.6) is 0 Å². The van der Waals surface area contributed by atoms with Gasteiger partial charge in [0.2, 0.25) is 0 Å². The van der Waals surface area contributed by atoms with Crippen LogP contribution in [0.15, 0.2) is 24.3 Å². The summed E-state index contributed by atoms with van der Waals surface area (Å²) in [6.07, 6.45) is -6.48. The molecule has 5 nitrogen and oxygen atoms in total. The summed E-state index contributed by atoms with van der Waals surface area (Å²) in [4.78, 5) is 11.4. The van der Waals surface area contributed by atoms with Gasteiger partial charge >= 0.3 is 12.2 Å². The highest BCUT2D eigenvalue weighted by Gasteiger charge is 2.27. The third kappa shape index (κ3) is 6.39. The van der Waals surface area contributed by atoms with Crippen LogP contribution < -0.4 is 10.6 Å². The lowest BCUT2D eigenvalue weighted by atomic mass is 10.1. The fraction of sp³-hybridized carbons (Fsp3) is 0.417. The molecule has 0 heterocycles. The number of amides is 2. The summed E-state index contributed by atoms with van der Waals surface area (Å²) >= 11 is 0. The van der Waals surface area contributed by atoms with Gasteiger partial charge in [-0.25, -0.2) is 4.79 Å². The van der Waals surface area contributed by atoms with E-state index in [1.807, 2.05) is 0 Å². The van der Waals surface area contributed by atoms with Gasteiger partial charge in [-0.05, 0) is 17.7 Å². The number of anilines is 1. The Hall–Kier alpha value is -1.80. The first-order valence-electron chi connectivity index (χ1n) is 5.79. The minimum Gasteiger partial charge on any atom is -0.394 e. The zero-order valence-corrected chi connectivity index (χ0v) is 10.4. The molecule has 4 N–H and O–H groups in total. The van der Waals surface area contributed by atoms with E-state index in [2.05, 4.69) is 10.6 Å². The topological polar surface area (TPSA) is 81.6 Å². The zero-order chi connectivity index (χ0) is 15.2. The zero-order valence-electron chi connectivity index (χ0n) is 10.4. The van der Waals surface area contributed by atoms with Crippen molar-refractivity contribution < 1.29 is 28.2 Å². The number of nitrogens with one attached hydrogen (secondary N) is 2. The molecule has 1 atom stereocenters. The maximum absolute atomic E-state index is 12.2. The fourth-order valence-corrected chi connectivity index (χ4v) is 1.44. The molecule has 0 spiro atoms. The molecular weight excluding hydrogens is 277 g/mol. The monoisotopic (exact) mass is 292 g/mol. The lowest BCUT2D eigenvalue weighted by Gasteiger charge is -2.11. The SMILES string of the molecule is O=C(NC[C@@H](O)CO)Nc1cccc(CC(F)(F)F)c1. The lowest BCUT2D eigenvalue weighted by Crippen LogP contribution is -2.36. The molecule has 1 rings (SSSR count). The van der Waals surface area contributed by atoms with E-state index in [9.17, 15) is 18.0 Å². The van der Waals surface area contributed by atoms with E-state index in [1.165, 1.54) is 24.3 Å². The van der Waals surface area contributed by atoms with Crippen LogP contribution >= 0.6 is 0 Å². The number of carbonyl (C=O) groups is 1. The standard InChI is InChI=1S/C12H15F3N2O3/c13-12(14,15)5-8-2-1-3-9(4-8)17-11(20)16-6-10(19)7-18/h1-4,10,18-19H,5-7H2,(H2,16,17,20)/t10-/m1/s1. The molecular formula is C12H15F3N2O3. The fourth-order valence-electron chi connectivity index (χ4n) is 1.44. The predicted octanol–water partition coefficient (Wildman–Crippen LogP) is 1.27. The molecule has 0 saturated heterocycles. The van der Waals surface area contributed by atoms with Gasteiger partial charge in [-0.3, -0.25) is 0 Å². The second-order valence-electron chi connectivity index (χ2n) is 4.16. The first-order valence-corrected chi connectivity index (χ1v) is 5.79. The van der Waals surface area contributed by atoms with Gasteiger partial charge in [0.05, 0.1) is 19.1 Å². The Kier molecular flexibility index (Phi) is 5.78. The van der Waals surface area contributed by atoms with Crippen LogP contribution in [-0.4, -0.2) is 41.7 Å². The van der Waals surface area contributed by atoms with E-state index in [1.54, 1.807) is 0 Å². The molecule has 20 heavy (non-hydrogen) atoms. The van der Waals surface area contributed by atoms with Gasteiger partial charge in [0.25, 0.3) is 0 Å². The van der Waals surface area contributed by atoms with Gasteiger partial charge in [0.1, 0.15) is 0 Å². The summed E-state index contributed by atoms with van der Waals surface area (Å²) in [5.41, 5.74) is 0.244. The third-order valence-electron chi connectivity index (χ3n) is 2.30. The number of aliphatic hydroxyl groups excluding tert-OH is 2. The van der Waals surface area contributed by atoms with Crippen molar-refractivity contribution in [3.8, 4) is 0 Å². The summed E-state index contributed by atoms with van der Waals surface area (Å²) in [6.45, 7) is -0.661. The number of halogens is 3. The smallest absolute Gasteiger partial charge is 0.393 e. The van der Waals surface area contributed by atoms with Crippen LogP contribution in [0.2, 0.25) is 0 Å². The second-order valence-corrected chi connectivity index (χ2v) is 4.16. The van der Waals surface area contributed by atoms with Crippen molar-refractivity contribution in [1.29, 1.82) is 0 Å². The van der Waals surface area contributed by atoms with Crippen LogP contribution in [-0.2, 0) is 6.42 Å². The van der Waals surface area contributed by atoms with Gasteiger partial charge < -0.3 is 20.8 Å². The number of hydrogen-bond acceptors (Lipinski definition) is 3. The van der Waals surface area contributed by atoms with E-state index in [0.29, 0.717) is 0 Å². The van der Waals surface area contributed by atoms with Crippen molar-refractivity contribution in [3.63, 3.8) is 0 Å². The van der Waals surface area contributed by atoms with E-state index in [4.69, 9.17) is 10.2 Å². The Balaban J connectivity index is 2.55. The maximum atomic E-state index is 12.2. The minimum atomic E-state index is -4.31. The van der Waals surface area contributed by atoms with Crippen molar-refractivity contribution in [2.45, 2.75) is 18.7 Å². The first-order chi connectivity index (χ1) is 9.30. The number of urea groups is 1. The second kappa shape index (κ2) is 7.11. The Morgan fingerprint density at radius 1 is 1.35 bits per heavy atom. The van der Waals surface area contributed by atoms with Gasteiger partial charge in [0.15, 0.2) is 0 Å². The number of rotatable bonds is 5. The molecule has 0 bridgehead atoms. The molecule has 0 aliphatic carbocycles. The largest absolute Gasteiger partial charge is 0.394 e. The first kappa shape index (κ1) is 16.3. The van der Waals surface area contributed by atoms with E-state index in [-0.39, 0.29) is 17.8 Å². The molecule has 2 amide bonds. The van der Waals surface area contributed by atoms with E-state index < -0.39 is 31.3 Å². The molecule has 0 aliphatic rings. The maximum Gasteiger partial charge on any atom is 0.393 e. The third-order valence-corrected chi connectivity index (χ3v) is 2.30. The van der Waals surface area contributed by atoms with E-state index in [0.717, 1.165) is 0 Å². The molecule has 0 fully saturated rings. The number of benzene rings is 1. The Bertz CT molecular complexity index is 452. The van der Waals surface area contributed by atoms with Crippen molar-refractivity contribution in [2.75, 3.05) is 18.5 Å². The predicted molar refractivity (Wildman–Crippen MR) is 66.3 cm³/mol. The van der Waals surface area contributed by atoms with Gasteiger partial charge in [0, 0.05) is 12.2 Å². The van der Waals surface area contributed by atoms with Crippen LogP contribution in [0.1, 0.15) is 5.56 Å². The highest BCUT2D eigenvalue weighted by Crippen LogP contribution is 2.22. The number of carbonyl (C=O) groups excluding carboxylic acids is 1. The number of aliphatic hydroxyl groups is 2. The molecule has 1 aromatic carbocycles. The van der Waals surface area contributed by atoms with Crippen molar-refractivity contribution >= 4 is 11.7 Å². The Labute approximate surface area is 113 Å². The molecule has 0 saturated carbocycles. The Morgan fingerprint density at radius 3 is 2.65 bits per heavy atom. The summed E-state index contributed by atoms with van der Waals surface area (Å²) < 4.78 is 36.7.